The third-order valence-corrected chi connectivity index (χ3v) is 8.37. The molecule has 0 bridgehead atoms. The number of nitrogens with one attached hydrogen (secondary N) is 1. The van der Waals surface area contributed by atoms with Crippen molar-refractivity contribution < 1.29 is 18.0 Å². The summed E-state index contributed by atoms with van der Waals surface area (Å²) in [7, 11) is -4.16. The standard InChI is InChI=1S/C28H30Cl3N3O4S/c1-19(27(36)32-28(2,3)4)33(17-20-10-11-22(30)16-25(20)31)26(35)18-34(23-14-12-21(29)13-15-23)39(37,38)24-8-6-5-7-9-24/h5-16,19H,17-18H2,1-4H3,(H,32,36). The first-order valence-electron chi connectivity index (χ1n) is 12.1. The van der Waals surface area contributed by atoms with Gasteiger partial charge in [0.05, 0.1) is 10.6 Å². The van der Waals surface area contributed by atoms with E-state index in [2.05, 4.69) is 5.32 Å². The molecule has 3 aromatic rings. The molecule has 1 atom stereocenters. The summed E-state index contributed by atoms with van der Waals surface area (Å²) >= 11 is 18.5. The Kier molecular flexibility index (Phi) is 9.93. The molecule has 0 heterocycles. The molecule has 3 aromatic carbocycles. The third-order valence-electron chi connectivity index (χ3n) is 5.75. The Morgan fingerprint density at radius 3 is 2.05 bits per heavy atom. The van der Waals surface area contributed by atoms with E-state index in [0.29, 0.717) is 20.6 Å². The molecule has 39 heavy (non-hydrogen) atoms. The van der Waals surface area contributed by atoms with Crippen LogP contribution in [0.2, 0.25) is 15.1 Å². The van der Waals surface area contributed by atoms with Crippen molar-refractivity contribution in [1.82, 2.24) is 10.2 Å². The van der Waals surface area contributed by atoms with Gasteiger partial charge in [0, 0.05) is 27.2 Å². The third kappa shape index (κ3) is 8.11. The molecule has 0 aliphatic rings. The summed E-state index contributed by atoms with van der Waals surface area (Å²) < 4.78 is 28.5. The van der Waals surface area contributed by atoms with E-state index in [1.807, 2.05) is 20.8 Å². The van der Waals surface area contributed by atoms with Gasteiger partial charge in [0.2, 0.25) is 11.8 Å². The summed E-state index contributed by atoms with van der Waals surface area (Å²) in [5.41, 5.74) is 0.242. The number of rotatable bonds is 9. The molecule has 208 valence electrons. The van der Waals surface area contributed by atoms with Crippen LogP contribution < -0.4 is 9.62 Å². The maximum absolute atomic E-state index is 13.9. The van der Waals surface area contributed by atoms with Gasteiger partial charge in [0.1, 0.15) is 12.6 Å². The molecule has 0 aliphatic carbocycles. The van der Waals surface area contributed by atoms with Crippen LogP contribution in [0.1, 0.15) is 33.3 Å². The quantitative estimate of drug-likeness (QED) is 0.314. The molecular weight excluding hydrogens is 581 g/mol. The lowest BCUT2D eigenvalue weighted by molar-refractivity contribution is -0.140. The van der Waals surface area contributed by atoms with Gasteiger partial charge in [-0.05, 0) is 81.8 Å². The minimum atomic E-state index is -4.16. The van der Waals surface area contributed by atoms with Crippen LogP contribution in [0.5, 0.6) is 0 Å². The highest BCUT2D eigenvalue weighted by Crippen LogP contribution is 2.27. The number of nitrogens with zero attached hydrogens (tertiary/aromatic N) is 2. The molecule has 7 nitrogen and oxygen atoms in total. The van der Waals surface area contributed by atoms with E-state index in [9.17, 15) is 18.0 Å². The normalized spacial score (nSPS) is 12.5. The van der Waals surface area contributed by atoms with E-state index in [4.69, 9.17) is 34.8 Å². The van der Waals surface area contributed by atoms with E-state index in [1.54, 1.807) is 55.5 Å². The minimum Gasteiger partial charge on any atom is -0.350 e. The van der Waals surface area contributed by atoms with Crippen molar-refractivity contribution in [1.29, 1.82) is 0 Å². The molecule has 11 heteroatoms. The molecule has 0 radical (unpaired) electrons. The van der Waals surface area contributed by atoms with Gasteiger partial charge in [-0.2, -0.15) is 0 Å². The second kappa shape index (κ2) is 12.6. The summed E-state index contributed by atoms with van der Waals surface area (Å²) in [6, 6.07) is 17.8. The molecule has 0 fully saturated rings. The Morgan fingerprint density at radius 1 is 0.897 bits per heavy atom. The van der Waals surface area contributed by atoms with Gasteiger partial charge < -0.3 is 10.2 Å². The maximum Gasteiger partial charge on any atom is 0.264 e. The molecule has 0 spiro atoms. The number of carbonyl (C=O) groups excluding carboxylic acids is 2. The molecule has 1 N–H and O–H groups in total. The summed E-state index contributed by atoms with van der Waals surface area (Å²) in [6.07, 6.45) is 0. The fourth-order valence-corrected chi connectivity index (χ4v) is 5.78. The lowest BCUT2D eigenvalue weighted by atomic mass is 10.1. The van der Waals surface area contributed by atoms with Gasteiger partial charge in [-0.3, -0.25) is 13.9 Å². The highest BCUT2D eigenvalue weighted by atomic mass is 35.5. The average Bonchev–Trinajstić information content (AvgIpc) is 2.86. The number of halogens is 3. The van der Waals surface area contributed by atoms with Crippen LogP contribution in [0.3, 0.4) is 0 Å². The topological polar surface area (TPSA) is 86.8 Å². The average molecular weight is 611 g/mol. The van der Waals surface area contributed by atoms with E-state index >= 15 is 0 Å². The van der Waals surface area contributed by atoms with Crippen molar-refractivity contribution >= 4 is 62.3 Å². The van der Waals surface area contributed by atoms with Crippen LogP contribution in [0.4, 0.5) is 5.69 Å². The lowest BCUT2D eigenvalue weighted by Gasteiger charge is -2.33. The SMILES string of the molecule is CC(C(=O)NC(C)(C)C)N(Cc1ccc(Cl)cc1Cl)C(=O)CN(c1ccc(Cl)cc1)S(=O)(=O)c1ccccc1. The number of hydrogen-bond donors (Lipinski definition) is 1. The molecule has 2 amide bonds. The zero-order chi connectivity index (χ0) is 29.0. The van der Waals surface area contributed by atoms with Gasteiger partial charge in [-0.25, -0.2) is 8.42 Å². The fraction of sp³-hybridized carbons (Fsp3) is 0.286. The molecule has 0 saturated heterocycles. The zero-order valence-electron chi connectivity index (χ0n) is 22.0. The van der Waals surface area contributed by atoms with Crippen LogP contribution in [0.15, 0.2) is 77.7 Å². The summed E-state index contributed by atoms with van der Waals surface area (Å²) in [5.74, 6) is -1.00. The number of hydrogen-bond acceptors (Lipinski definition) is 4. The van der Waals surface area contributed by atoms with E-state index < -0.39 is 40.0 Å². The predicted molar refractivity (Wildman–Crippen MR) is 157 cm³/mol. The summed E-state index contributed by atoms with van der Waals surface area (Å²) in [4.78, 5) is 28.4. The van der Waals surface area contributed by atoms with Crippen LogP contribution in [0.25, 0.3) is 0 Å². The van der Waals surface area contributed by atoms with E-state index in [0.717, 1.165) is 4.31 Å². The predicted octanol–water partition coefficient (Wildman–Crippen LogP) is 6.17. The van der Waals surface area contributed by atoms with Crippen molar-refractivity contribution in [2.24, 2.45) is 0 Å². The van der Waals surface area contributed by atoms with Crippen molar-refractivity contribution in [2.45, 2.75) is 50.7 Å². The van der Waals surface area contributed by atoms with Crippen molar-refractivity contribution in [3.63, 3.8) is 0 Å². The van der Waals surface area contributed by atoms with Crippen LogP contribution in [-0.4, -0.2) is 43.3 Å². The number of sulfonamides is 1. The first-order chi connectivity index (χ1) is 18.2. The molecule has 0 saturated carbocycles. The highest BCUT2D eigenvalue weighted by molar-refractivity contribution is 7.92. The van der Waals surface area contributed by atoms with E-state index in [-0.39, 0.29) is 17.1 Å². The number of amides is 2. The van der Waals surface area contributed by atoms with Gasteiger partial charge >= 0.3 is 0 Å². The Balaban J connectivity index is 2.04. The van der Waals surface area contributed by atoms with Crippen LogP contribution >= 0.6 is 34.8 Å². The first-order valence-corrected chi connectivity index (χ1v) is 14.7. The highest BCUT2D eigenvalue weighted by Gasteiger charge is 2.33. The van der Waals surface area contributed by atoms with Gasteiger partial charge in [0.15, 0.2) is 0 Å². The second-order valence-corrected chi connectivity index (χ2v) is 13.1. The first kappa shape index (κ1) is 30.8. The molecular formula is C28H30Cl3N3O4S. The van der Waals surface area contributed by atoms with Crippen molar-refractivity contribution in [3.05, 3.63) is 93.4 Å². The number of anilines is 1. The molecule has 3 rings (SSSR count). The fourth-order valence-electron chi connectivity index (χ4n) is 3.75. The Hall–Kier alpha value is -2.78. The van der Waals surface area contributed by atoms with E-state index in [1.165, 1.54) is 29.2 Å². The number of benzene rings is 3. The Bertz CT molecular complexity index is 1430. The monoisotopic (exact) mass is 609 g/mol. The minimum absolute atomic E-state index is 0.0126. The maximum atomic E-state index is 13.9. The largest absolute Gasteiger partial charge is 0.350 e. The van der Waals surface area contributed by atoms with Crippen molar-refractivity contribution in [2.75, 3.05) is 10.8 Å². The smallest absolute Gasteiger partial charge is 0.264 e. The number of carbonyl (C=O) groups is 2. The molecule has 0 aromatic heterocycles. The van der Waals surface area contributed by atoms with Gasteiger partial charge in [0.25, 0.3) is 10.0 Å². The second-order valence-electron chi connectivity index (χ2n) is 9.97. The van der Waals surface area contributed by atoms with Crippen LogP contribution in [0, 0.1) is 0 Å². The van der Waals surface area contributed by atoms with Gasteiger partial charge in [-0.1, -0.05) is 59.1 Å². The van der Waals surface area contributed by atoms with Gasteiger partial charge in [-0.15, -0.1) is 0 Å². The lowest BCUT2D eigenvalue weighted by Crippen LogP contribution is -2.54. The molecule has 0 aliphatic heterocycles. The van der Waals surface area contributed by atoms with Crippen molar-refractivity contribution in [3.8, 4) is 0 Å². The Labute approximate surface area is 244 Å². The van der Waals surface area contributed by atoms with Crippen LogP contribution in [-0.2, 0) is 26.2 Å². The summed E-state index contributed by atoms with van der Waals surface area (Å²) in [5, 5.41) is 4.02. The zero-order valence-corrected chi connectivity index (χ0v) is 25.1. The Morgan fingerprint density at radius 2 is 1.49 bits per heavy atom. The molecule has 1 unspecified atom stereocenters. The summed E-state index contributed by atoms with van der Waals surface area (Å²) in [6.45, 7) is 6.45.